The molecule has 2 aromatic rings. The van der Waals surface area contributed by atoms with Gasteiger partial charge in [-0.1, -0.05) is 35.3 Å². The van der Waals surface area contributed by atoms with Crippen LogP contribution in [0.1, 0.15) is 28.8 Å². The molecule has 1 amide bonds. The summed E-state index contributed by atoms with van der Waals surface area (Å²) in [5.41, 5.74) is 1.50. The van der Waals surface area contributed by atoms with Gasteiger partial charge in [0.05, 0.1) is 23.6 Å². The highest BCUT2D eigenvalue weighted by Gasteiger charge is 2.28. The molecule has 0 spiro atoms. The first-order valence-electron chi connectivity index (χ1n) is 8.88. The molecule has 4 nitrogen and oxygen atoms in total. The molecule has 6 heteroatoms. The minimum atomic E-state index is -0.0943. The van der Waals surface area contributed by atoms with Gasteiger partial charge in [-0.05, 0) is 48.7 Å². The van der Waals surface area contributed by atoms with Gasteiger partial charge >= 0.3 is 0 Å². The molecule has 0 aromatic heterocycles. The zero-order valence-electron chi connectivity index (χ0n) is 15.1. The zero-order chi connectivity index (χ0) is 19.4. The number of Topliss-reactive ketones (excluding diaryl/α,β-unsaturated/α-hetero) is 1. The number of likely N-dealkylation sites (tertiary alicyclic amines) is 1. The van der Waals surface area contributed by atoms with E-state index in [-0.39, 0.29) is 17.6 Å². The summed E-state index contributed by atoms with van der Waals surface area (Å²) in [5.74, 6) is 0.784. The van der Waals surface area contributed by atoms with Crippen LogP contribution in [-0.4, -0.2) is 36.8 Å². The van der Waals surface area contributed by atoms with E-state index in [1.165, 1.54) is 0 Å². The normalized spacial score (nSPS) is 14.9. The molecule has 0 unspecified atom stereocenters. The molecule has 0 saturated carbocycles. The van der Waals surface area contributed by atoms with Crippen LogP contribution in [0.5, 0.6) is 5.75 Å². The van der Waals surface area contributed by atoms with Gasteiger partial charge in [-0.25, -0.2) is 0 Å². The van der Waals surface area contributed by atoms with E-state index in [0.717, 1.165) is 11.3 Å². The van der Waals surface area contributed by atoms with Crippen LogP contribution in [0.2, 0.25) is 10.0 Å². The standard InChI is InChI=1S/C21H21Cl2NO3/c1-27-17-4-2-3-14(11-17)12-20(25)24-9-7-15(8-10-24)21(26)16-5-6-18(22)19(23)13-16/h2-6,11,13,15H,7-10,12H2,1H3. The number of rotatable bonds is 5. The zero-order valence-corrected chi connectivity index (χ0v) is 16.6. The van der Waals surface area contributed by atoms with Crippen molar-refractivity contribution in [1.29, 1.82) is 0 Å². The van der Waals surface area contributed by atoms with E-state index in [4.69, 9.17) is 27.9 Å². The molecule has 1 aliphatic rings. The number of benzene rings is 2. The number of ether oxygens (including phenoxy) is 1. The van der Waals surface area contributed by atoms with Gasteiger partial charge in [0.25, 0.3) is 0 Å². The summed E-state index contributed by atoms with van der Waals surface area (Å²) in [7, 11) is 1.61. The summed E-state index contributed by atoms with van der Waals surface area (Å²) in [6.45, 7) is 1.17. The van der Waals surface area contributed by atoms with Crippen LogP contribution in [0, 0.1) is 5.92 Å². The van der Waals surface area contributed by atoms with E-state index in [0.29, 0.717) is 48.0 Å². The fourth-order valence-corrected chi connectivity index (χ4v) is 3.64. The Morgan fingerprint density at radius 2 is 1.81 bits per heavy atom. The third-order valence-corrected chi connectivity index (χ3v) is 5.65. The number of methoxy groups -OCH3 is 1. The Hall–Kier alpha value is -2.04. The van der Waals surface area contributed by atoms with E-state index in [2.05, 4.69) is 0 Å². The minimum Gasteiger partial charge on any atom is -0.497 e. The molecule has 0 atom stereocenters. The smallest absolute Gasteiger partial charge is 0.226 e. The highest BCUT2D eigenvalue weighted by atomic mass is 35.5. The number of hydrogen-bond donors (Lipinski definition) is 0. The second-order valence-electron chi connectivity index (χ2n) is 6.68. The number of nitrogens with zero attached hydrogens (tertiary/aromatic N) is 1. The van der Waals surface area contributed by atoms with E-state index in [1.807, 2.05) is 29.2 Å². The van der Waals surface area contributed by atoms with Crippen molar-refractivity contribution in [3.63, 3.8) is 0 Å². The first kappa shape index (κ1) is 19.7. The van der Waals surface area contributed by atoms with Gasteiger partial charge in [-0.15, -0.1) is 0 Å². The Labute approximate surface area is 169 Å². The van der Waals surface area contributed by atoms with E-state index in [9.17, 15) is 9.59 Å². The summed E-state index contributed by atoms with van der Waals surface area (Å²) in [5, 5.41) is 0.819. The van der Waals surface area contributed by atoms with Crippen LogP contribution in [-0.2, 0) is 11.2 Å². The van der Waals surface area contributed by atoms with Crippen molar-refractivity contribution in [3.8, 4) is 5.75 Å². The molecule has 3 rings (SSSR count). The van der Waals surface area contributed by atoms with Gasteiger partial charge in [0, 0.05) is 24.6 Å². The summed E-state index contributed by atoms with van der Waals surface area (Å²) < 4.78 is 5.20. The summed E-state index contributed by atoms with van der Waals surface area (Å²) in [6, 6.07) is 12.5. The van der Waals surface area contributed by atoms with Crippen molar-refractivity contribution in [2.45, 2.75) is 19.3 Å². The lowest BCUT2D eigenvalue weighted by atomic mass is 9.88. The predicted molar refractivity (Wildman–Crippen MR) is 107 cm³/mol. The molecule has 0 N–H and O–H groups in total. The number of ketones is 1. The van der Waals surface area contributed by atoms with Gasteiger partial charge in [-0.3, -0.25) is 9.59 Å². The lowest BCUT2D eigenvalue weighted by Gasteiger charge is -2.31. The number of hydrogen-bond acceptors (Lipinski definition) is 3. The van der Waals surface area contributed by atoms with Gasteiger partial charge in [0.2, 0.25) is 5.91 Å². The van der Waals surface area contributed by atoms with Crippen LogP contribution in [0.3, 0.4) is 0 Å². The van der Waals surface area contributed by atoms with Gasteiger partial charge < -0.3 is 9.64 Å². The Bertz CT molecular complexity index is 845. The fourth-order valence-electron chi connectivity index (χ4n) is 3.35. The number of amides is 1. The van der Waals surface area contributed by atoms with Crippen molar-refractivity contribution in [2.24, 2.45) is 5.92 Å². The van der Waals surface area contributed by atoms with E-state index in [1.54, 1.807) is 25.3 Å². The summed E-state index contributed by atoms with van der Waals surface area (Å²) in [4.78, 5) is 27.1. The number of carbonyl (C=O) groups excluding carboxylic acids is 2. The third kappa shape index (κ3) is 4.82. The van der Waals surface area contributed by atoms with E-state index >= 15 is 0 Å². The minimum absolute atomic E-state index is 0.0634. The van der Waals surface area contributed by atoms with Gasteiger partial charge in [-0.2, -0.15) is 0 Å². The number of piperidine rings is 1. The highest BCUT2D eigenvalue weighted by molar-refractivity contribution is 6.42. The van der Waals surface area contributed by atoms with Crippen molar-refractivity contribution < 1.29 is 14.3 Å². The fraction of sp³-hybridized carbons (Fsp3) is 0.333. The molecule has 0 bridgehead atoms. The Morgan fingerprint density at radius 3 is 2.48 bits per heavy atom. The number of carbonyl (C=O) groups is 2. The van der Waals surface area contributed by atoms with Crippen LogP contribution in [0.25, 0.3) is 0 Å². The lowest BCUT2D eigenvalue weighted by Crippen LogP contribution is -2.41. The third-order valence-electron chi connectivity index (χ3n) is 4.91. The van der Waals surface area contributed by atoms with Crippen molar-refractivity contribution in [1.82, 2.24) is 4.90 Å². The molecular formula is C21H21Cl2NO3. The molecular weight excluding hydrogens is 385 g/mol. The van der Waals surface area contributed by atoms with Gasteiger partial charge in [0.15, 0.2) is 5.78 Å². The second kappa shape index (κ2) is 8.77. The van der Waals surface area contributed by atoms with Crippen molar-refractivity contribution in [2.75, 3.05) is 20.2 Å². The molecule has 0 radical (unpaired) electrons. The first-order chi connectivity index (χ1) is 13.0. The Balaban J connectivity index is 1.56. The molecule has 1 heterocycles. The molecule has 142 valence electrons. The van der Waals surface area contributed by atoms with Crippen LogP contribution < -0.4 is 4.74 Å². The molecule has 1 aliphatic heterocycles. The van der Waals surface area contributed by atoms with Gasteiger partial charge in [0.1, 0.15) is 5.75 Å². The van der Waals surface area contributed by atoms with Crippen molar-refractivity contribution >= 4 is 34.9 Å². The molecule has 1 fully saturated rings. The molecule has 27 heavy (non-hydrogen) atoms. The van der Waals surface area contributed by atoms with E-state index < -0.39 is 0 Å². The monoisotopic (exact) mass is 405 g/mol. The lowest BCUT2D eigenvalue weighted by molar-refractivity contribution is -0.131. The maximum atomic E-state index is 12.7. The van der Waals surface area contributed by atoms with Crippen molar-refractivity contribution in [3.05, 3.63) is 63.6 Å². The Morgan fingerprint density at radius 1 is 1.07 bits per heavy atom. The highest BCUT2D eigenvalue weighted by Crippen LogP contribution is 2.27. The topological polar surface area (TPSA) is 46.6 Å². The average Bonchev–Trinajstić information content (AvgIpc) is 2.69. The second-order valence-corrected chi connectivity index (χ2v) is 7.49. The number of halogens is 2. The molecule has 1 saturated heterocycles. The Kier molecular flexibility index (Phi) is 6.40. The van der Waals surface area contributed by atoms with Crippen LogP contribution in [0.15, 0.2) is 42.5 Å². The van der Waals surface area contributed by atoms with Crippen LogP contribution >= 0.6 is 23.2 Å². The van der Waals surface area contributed by atoms with Crippen LogP contribution in [0.4, 0.5) is 0 Å². The quantitative estimate of drug-likeness (QED) is 0.679. The molecule has 2 aromatic carbocycles. The first-order valence-corrected chi connectivity index (χ1v) is 9.63. The summed E-state index contributed by atoms with van der Waals surface area (Å²) >= 11 is 11.9. The SMILES string of the molecule is COc1cccc(CC(=O)N2CCC(C(=O)c3ccc(Cl)c(Cl)c3)CC2)c1. The maximum Gasteiger partial charge on any atom is 0.226 e. The largest absolute Gasteiger partial charge is 0.497 e. The average molecular weight is 406 g/mol. The molecule has 0 aliphatic carbocycles. The maximum absolute atomic E-state index is 12.7. The predicted octanol–water partition coefficient (Wildman–Crippen LogP) is 4.67. The summed E-state index contributed by atoms with van der Waals surface area (Å²) in [6.07, 6.45) is 1.65.